The lowest BCUT2D eigenvalue weighted by atomic mass is 9.74. The van der Waals surface area contributed by atoms with E-state index in [9.17, 15) is 14.9 Å². The van der Waals surface area contributed by atoms with Gasteiger partial charge in [0.15, 0.2) is 0 Å². The smallest absolute Gasteiger partial charge is 0.316 e. The van der Waals surface area contributed by atoms with Crippen LogP contribution in [0.25, 0.3) is 0 Å². The van der Waals surface area contributed by atoms with Gasteiger partial charge in [-0.15, -0.1) is 0 Å². The van der Waals surface area contributed by atoms with E-state index < -0.39 is 10.3 Å². The van der Waals surface area contributed by atoms with Gasteiger partial charge in [-0.2, -0.15) is 0 Å². The molecule has 1 fully saturated rings. The van der Waals surface area contributed by atoms with Crippen LogP contribution in [0, 0.1) is 10.1 Å². The van der Waals surface area contributed by atoms with E-state index in [1.165, 1.54) is 12.1 Å². The van der Waals surface area contributed by atoms with Crippen molar-refractivity contribution >= 4 is 17.3 Å². The molecule has 7 heteroatoms. The highest BCUT2D eigenvalue weighted by Gasteiger charge is 2.44. The van der Waals surface area contributed by atoms with Crippen LogP contribution in [0.2, 0.25) is 0 Å². The molecule has 0 unspecified atom stereocenters. The van der Waals surface area contributed by atoms with Crippen molar-refractivity contribution in [1.82, 2.24) is 0 Å². The van der Waals surface area contributed by atoms with Crippen molar-refractivity contribution in [2.45, 2.75) is 25.2 Å². The maximum absolute atomic E-state index is 12.4. The SMILES string of the molecule is CCOC(=O)C1(c2ccc(N)c([N+](=O)[O-])c2)CCOCC1. The van der Waals surface area contributed by atoms with Gasteiger partial charge in [0.1, 0.15) is 5.69 Å². The lowest BCUT2D eigenvalue weighted by Crippen LogP contribution is -2.42. The molecule has 1 aliphatic rings. The van der Waals surface area contributed by atoms with Gasteiger partial charge in [-0.3, -0.25) is 14.9 Å². The number of nitro groups is 1. The van der Waals surface area contributed by atoms with E-state index in [0.717, 1.165) is 0 Å². The molecule has 1 aliphatic heterocycles. The highest BCUT2D eigenvalue weighted by Crippen LogP contribution is 2.38. The highest BCUT2D eigenvalue weighted by molar-refractivity contribution is 5.84. The number of carbonyl (C=O) groups is 1. The number of hydrogen-bond donors (Lipinski definition) is 1. The molecule has 21 heavy (non-hydrogen) atoms. The number of nitrogens with two attached hydrogens (primary N) is 1. The Morgan fingerprint density at radius 1 is 1.48 bits per heavy atom. The second-order valence-corrected chi connectivity index (χ2v) is 4.95. The van der Waals surface area contributed by atoms with Gasteiger partial charge < -0.3 is 15.2 Å². The molecule has 1 heterocycles. The largest absolute Gasteiger partial charge is 0.465 e. The van der Waals surface area contributed by atoms with Gasteiger partial charge in [0.25, 0.3) is 5.69 Å². The summed E-state index contributed by atoms with van der Waals surface area (Å²) in [5.41, 5.74) is 5.17. The van der Waals surface area contributed by atoms with Gasteiger partial charge in [-0.25, -0.2) is 0 Å². The van der Waals surface area contributed by atoms with Crippen molar-refractivity contribution < 1.29 is 19.2 Å². The molecule has 0 aliphatic carbocycles. The van der Waals surface area contributed by atoms with E-state index in [0.29, 0.717) is 31.6 Å². The maximum atomic E-state index is 12.4. The zero-order valence-corrected chi connectivity index (χ0v) is 11.8. The fraction of sp³-hybridized carbons (Fsp3) is 0.500. The predicted octanol–water partition coefficient (Wildman–Crippen LogP) is 1.79. The van der Waals surface area contributed by atoms with Gasteiger partial charge in [0.2, 0.25) is 0 Å². The van der Waals surface area contributed by atoms with Gasteiger partial charge in [-0.1, -0.05) is 6.07 Å². The van der Waals surface area contributed by atoms with Crippen LogP contribution in [0.1, 0.15) is 25.3 Å². The van der Waals surface area contributed by atoms with Crippen LogP contribution in [0.3, 0.4) is 0 Å². The van der Waals surface area contributed by atoms with Crippen molar-refractivity contribution in [3.63, 3.8) is 0 Å². The number of nitrogens with zero attached hydrogens (tertiary/aromatic N) is 1. The number of carbonyl (C=O) groups excluding carboxylic acids is 1. The van der Waals surface area contributed by atoms with Crippen LogP contribution < -0.4 is 5.73 Å². The Morgan fingerprint density at radius 3 is 2.71 bits per heavy atom. The number of nitrogen functional groups attached to an aromatic ring is 1. The summed E-state index contributed by atoms with van der Waals surface area (Å²) in [7, 11) is 0. The molecular weight excluding hydrogens is 276 g/mol. The molecule has 0 radical (unpaired) electrons. The lowest BCUT2D eigenvalue weighted by molar-refractivity contribution is -0.384. The summed E-state index contributed by atoms with van der Waals surface area (Å²) in [4.78, 5) is 22.9. The summed E-state index contributed by atoms with van der Waals surface area (Å²) in [6, 6.07) is 4.49. The second-order valence-electron chi connectivity index (χ2n) is 4.95. The minimum atomic E-state index is -0.896. The van der Waals surface area contributed by atoms with Crippen LogP contribution >= 0.6 is 0 Å². The molecule has 0 saturated carbocycles. The third-order valence-electron chi connectivity index (χ3n) is 3.79. The summed E-state index contributed by atoms with van der Waals surface area (Å²) in [6.07, 6.45) is 0.875. The van der Waals surface area contributed by atoms with E-state index in [1.807, 2.05) is 0 Å². The maximum Gasteiger partial charge on any atom is 0.316 e. The molecule has 2 N–H and O–H groups in total. The van der Waals surface area contributed by atoms with Crippen LogP contribution in [-0.4, -0.2) is 30.7 Å². The van der Waals surface area contributed by atoms with Crippen molar-refractivity contribution in [2.75, 3.05) is 25.6 Å². The van der Waals surface area contributed by atoms with Crippen LogP contribution in [0.4, 0.5) is 11.4 Å². The first-order valence-corrected chi connectivity index (χ1v) is 6.80. The molecule has 0 bridgehead atoms. The predicted molar refractivity (Wildman–Crippen MR) is 75.9 cm³/mol. The average molecular weight is 294 g/mol. The molecule has 0 amide bonds. The molecule has 1 saturated heterocycles. The molecule has 0 aromatic heterocycles. The quantitative estimate of drug-likeness (QED) is 0.393. The Hall–Kier alpha value is -2.15. The lowest BCUT2D eigenvalue weighted by Gasteiger charge is -2.35. The number of benzene rings is 1. The molecule has 0 atom stereocenters. The van der Waals surface area contributed by atoms with E-state index in [-0.39, 0.29) is 24.0 Å². The Labute approximate surface area is 122 Å². The van der Waals surface area contributed by atoms with E-state index in [1.54, 1.807) is 13.0 Å². The first kappa shape index (κ1) is 15.2. The Morgan fingerprint density at radius 2 is 2.14 bits per heavy atom. The molecule has 1 aromatic rings. The molecular formula is C14H18N2O5. The summed E-state index contributed by atoms with van der Waals surface area (Å²) in [6.45, 7) is 2.82. The molecule has 0 spiro atoms. The van der Waals surface area contributed by atoms with E-state index in [2.05, 4.69) is 0 Å². The fourth-order valence-corrected chi connectivity index (χ4v) is 2.60. The van der Waals surface area contributed by atoms with Gasteiger partial charge in [-0.05, 0) is 31.4 Å². The number of hydrogen-bond acceptors (Lipinski definition) is 6. The van der Waals surface area contributed by atoms with E-state index in [4.69, 9.17) is 15.2 Å². The average Bonchev–Trinajstić information content (AvgIpc) is 2.48. The minimum absolute atomic E-state index is 0.0785. The number of rotatable bonds is 4. The van der Waals surface area contributed by atoms with Gasteiger partial charge in [0.05, 0.1) is 16.9 Å². The zero-order chi connectivity index (χ0) is 15.5. The van der Waals surface area contributed by atoms with E-state index >= 15 is 0 Å². The first-order valence-electron chi connectivity index (χ1n) is 6.80. The third kappa shape index (κ3) is 2.82. The molecule has 1 aromatic carbocycles. The van der Waals surface area contributed by atoms with Gasteiger partial charge >= 0.3 is 5.97 Å². The monoisotopic (exact) mass is 294 g/mol. The fourth-order valence-electron chi connectivity index (χ4n) is 2.60. The Kier molecular flexibility index (Phi) is 4.42. The highest BCUT2D eigenvalue weighted by atomic mass is 16.6. The summed E-state index contributed by atoms with van der Waals surface area (Å²) in [5.74, 6) is -0.368. The van der Waals surface area contributed by atoms with Crippen molar-refractivity contribution in [3.8, 4) is 0 Å². The van der Waals surface area contributed by atoms with Crippen molar-refractivity contribution in [2.24, 2.45) is 0 Å². The summed E-state index contributed by atoms with van der Waals surface area (Å²) < 4.78 is 10.5. The summed E-state index contributed by atoms with van der Waals surface area (Å²) in [5, 5.41) is 11.0. The first-order chi connectivity index (χ1) is 10.0. The molecule has 2 rings (SSSR count). The standard InChI is InChI=1S/C14H18N2O5/c1-2-21-13(17)14(5-7-20-8-6-14)10-3-4-11(15)12(9-10)16(18)19/h3-4,9H,2,5-8,15H2,1H3. The summed E-state index contributed by atoms with van der Waals surface area (Å²) >= 11 is 0. The van der Waals surface area contributed by atoms with Crippen LogP contribution in [-0.2, 0) is 19.7 Å². The molecule has 114 valence electrons. The second kappa shape index (κ2) is 6.09. The number of esters is 1. The normalized spacial score (nSPS) is 17.2. The zero-order valence-electron chi connectivity index (χ0n) is 11.8. The number of anilines is 1. The van der Waals surface area contributed by atoms with Gasteiger partial charge in [0, 0.05) is 19.3 Å². The van der Waals surface area contributed by atoms with Crippen molar-refractivity contribution in [1.29, 1.82) is 0 Å². The Bertz CT molecular complexity index is 552. The minimum Gasteiger partial charge on any atom is -0.465 e. The van der Waals surface area contributed by atoms with Crippen molar-refractivity contribution in [3.05, 3.63) is 33.9 Å². The van der Waals surface area contributed by atoms with Crippen LogP contribution in [0.5, 0.6) is 0 Å². The molecule has 7 nitrogen and oxygen atoms in total. The number of ether oxygens (including phenoxy) is 2. The number of nitro benzene ring substituents is 1. The third-order valence-corrected chi connectivity index (χ3v) is 3.79. The topological polar surface area (TPSA) is 105 Å². The Balaban J connectivity index is 2.48. The van der Waals surface area contributed by atoms with Crippen LogP contribution in [0.15, 0.2) is 18.2 Å².